The zero-order valence-corrected chi connectivity index (χ0v) is 13.3. The summed E-state index contributed by atoms with van der Waals surface area (Å²) in [7, 11) is 0. The normalized spacial score (nSPS) is 10.4. The van der Waals surface area contributed by atoms with Crippen molar-refractivity contribution in [2.45, 2.75) is 13.8 Å². The van der Waals surface area contributed by atoms with Gasteiger partial charge < -0.3 is 14.6 Å². The highest BCUT2D eigenvalue weighted by Crippen LogP contribution is 2.32. The maximum atomic E-state index is 11.8. The average molecular weight is 343 g/mol. The number of halogens is 2. The molecule has 8 heteroatoms. The van der Waals surface area contributed by atoms with E-state index in [1.807, 2.05) is 0 Å². The lowest BCUT2D eigenvalue weighted by molar-refractivity contribution is -0.119. The number of hydrogen-bond acceptors (Lipinski definition) is 5. The van der Waals surface area contributed by atoms with Crippen molar-refractivity contribution >= 4 is 40.8 Å². The van der Waals surface area contributed by atoms with Gasteiger partial charge in [0.2, 0.25) is 5.76 Å². The maximum Gasteiger partial charge on any atom is 0.377 e. The summed E-state index contributed by atoms with van der Waals surface area (Å²) >= 11 is 12.1. The summed E-state index contributed by atoms with van der Waals surface area (Å²) in [5, 5.41) is 6.68. The minimum atomic E-state index is -0.780. The fourth-order valence-corrected chi connectivity index (χ4v) is 2.07. The fourth-order valence-electron chi connectivity index (χ4n) is 1.61. The lowest BCUT2D eigenvalue weighted by Crippen LogP contribution is -2.21. The van der Waals surface area contributed by atoms with Gasteiger partial charge in [0.05, 0.1) is 21.4 Å². The molecule has 0 fully saturated rings. The summed E-state index contributed by atoms with van der Waals surface area (Å²) < 4.78 is 9.55. The number of aryl methyl sites for hydroxylation is 2. The zero-order chi connectivity index (χ0) is 16.3. The van der Waals surface area contributed by atoms with E-state index in [0.717, 1.165) is 5.56 Å². The van der Waals surface area contributed by atoms with Crippen LogP contribution in [0.25, 0.3) is 0 Å². The molecule has 0 aliphatic heterocycles. The molecule has 6 nitrogen and oxygen atoms in total. The first kappa shape index (κ1) is 16.3. The molecule has 0 saturated carbocycles. The average Bonchev–Trinajstić information content (AvgIpc) is 2.92. The number of carbonyl (C=O) groups is 2. The predicted molar refractivity (Wildman–Crippen MR) is 81.4 cm³/mol. The maximum absolute atomic E-state index is 11.8. The number of hydrogen-bond donors (Lipinski definition) is 1. The Hall–Kier alpha value is -2.05. The Morgan fingerprint density at radius 2 is 2.05 bits per heavy atom. The van der Waals surface area contributed by atoms with Crippen LogP contribution in [0.2, 0.25) is 10.0 Å². The van der Waals surface area contributed by atoms with E-state index in [2.05, 4.69) is 10.5 Å². The SMILES string of the molecule is Cc1cc(C(=O)OCC(=O)Nc2c(Cl)ccc(C)c2Cl)on1. The Morgan fingerprint density at radius 3 is 2.68 bits per heavy atom. The second kappa shape index (κ2) is 6.81. The quantitative estimate of drug-likeness (QED) is 0.861. The van der Waals surface area contributed by atoms with Crippen LogP contribution in [-0.4, -0.2) is 23.6 Å². The third-order valence-electron chi connectivity index (χ3n) is 2.71. The van der Waals surface area contributed by atoms with E-state index in [0.29, 0.717) is 15.7 Å². The number of carbonyl (C=O) groups excluding carboxylic acids is 2. The van der Waals surface area contributed by atoms with E-state index < -0.39 is 18.5 Å². The van der Waals surface area contributed by atoms with Gasteiger partial charge in [0.25, 0.3) is 5.91 Å². The minimum absolute atomic E-state index is 0.0723. The molecule has 2 aromatic rings. The molecular weight excluding hydrogens is 331 g/mol. The molecule has 1 amide bonds. The number of ether oxygens (including phenoxy) is 1. The first-order valence-electron chi connectivity index (χ1n) is 6.23. The van der Waals surface area contributed by atoms with Crippen molar-refractivity contribution in [1.29, 1.82) is 0 Å². The summed E-state index contributed by atoms with van der Waals surface area (Å²) in [4.78, 5) is 23.4. The summed E-state index contributed by atoms with van der Waals surface area (Å²) in [6, 6.07) is 4.75. The molecule has 1 aromatic carbocycles. The van der Waals surface area contributed by atoms with Crippen molar-refractivity contribution in [3.63, 3.8) is 0 Å². The molecule has 0 saturated heterocycles. The van der Waals surface area contributed by atoms with Crippen molar-refractivity contribution in [3.8, 4) is 0 Å². The molecule has 0 radical (unpaired) electrons. The molecular formula is C14H12Cl2N2O4. The molecule has 116 valence electrons. The Labute approximate surface area is 136 Å². The van der Waals surface area contributed by atoms with Crippen LogP contribution in [0, 0.1) is 13.8 Å². The van der Waals surface area contributed by atoms with Gasteiger partial charge >= 0.3 is 5.97 Å². The number of rotatable bonds is 4. The molecule has 0 bridgehead atoms. The standard InChI is InChI=1S/C14H12Cl2N2O4/c1-7-3-4-9(15)13(12(7)16)17-11(19)6-21-14(20)10-5-8(2)18-22-10/h3-5H,6H2,1-2H3,(H,17,19). The van der Waals surface area contributed by atoms with Gasteiger partial charge in [0, 0.05) is 6.07 Å². The fraction of sp³-hybridized carbons (Fsp3) is 0.214. The summed E-state index contributed by atoms with van der Waals surface area (Å²) in [6.07, 6.45) is 0. The van der Waals surface area contributed by atoms with Crippen LogP contribution in [-0.2, 0) is 9.53 Å². The number of esters is 1. The zero-order valence-electron chi connectivity index (χ0n) is 11.8. The van der Waals surface area contributed by atoms with Gasteiger partial charge in [0.15, 0.2) is 6.61 Å². The van der Waals surface area contributed by atoms with E-state index in [1.54, 1.807) is 26.0 Å². The molecule has 0 unspecified atom stereocenters. The van der Waals surface area contributed by atoms with E-state index in [-0.39, 0.29) is 11.4 Å². The largest absolute Gasteiger partial charge is 0.450 e. The Morgan fingerprint density at radius 1 is 1.32 bits per heavy atom. The van der Waals surface area contributed by atoms with Crippen LogP contribution in [0.5, 0.6) is 0 Å². The van der Waals surface area contributed by atoms with Crippen molar-refractivity contribution in [2.24, 2.45) is 0 Å². The lowest BCUT2D eigenvalue weighted by atomic mass is 10.2. The van der Waals surface area contributed by atoms with Gasteiger partial charge in [-0.15, -0.1) is 0 Å². The summed E-state index contributed by atoms with van der Waals surface area (Å²) in [5.41, 5.74) is 1.57. The lowest BCUT2D eigenvalue weighted by Gasteiger charge is -2.11. The second-order valence-corrected chi connectivity index (χ2v) is 5.30. The molecule has 0 aliphatic rings. The van der Waals surface area contributed by atoms with E-state index in [1.165, 1.54) is 6.07 Å². The molecule has 1 N–H and O–H groups in total. The van der Waals surface area contributed by atoms with Crippen molar-refractivity contribution < 1.29 is 18.8 Å². The summed E-state index contributed by atoms with van der Waals surface area (Å²) in [6.45, 7) is 2.94. The highest BCUT2D eigenvalue weighted by molar-refractivity contribution is 6.40. The van der Waals surface area contributed by atoms with Crippen LogP contribution >= 0.6 is 23.2 Å². The van der Waals surface area contributed by atoms with E-state index in [4.69, 9.17) is 32.5 Å². The van der Waals surface area contributed by atoms with Gasteiger partial charge in [-0.25, -0.2) is 4.79 Å². The van der Waals surface area contributed by atoms with Gasteiger partial charge in [-0.1, -0.05) is 34.4 Å². The van der Waals surface area contributed by atoms with Gasteiger partial charge in [-0.2, -0.15) is 0 Å². The number of benzene rings is 1. The highest BCUT2D eigenvalue weighted by atomic mass is 35.5. The monoisotopic (exact) mass is 342 g/mol. The second-order valence-electron chi connectivity index (χ2n) is 4.51. The van der Waals surface area contributed by atoms with E-state index >= 15 is 0 Å². The Kier molecular flexibility index (Phi) is 5.05. The van der Waals surface area contributed by atoms with E-state index in [9.17, 15) is 9.59 Å². The molecule has 1 heterocycles. The molecule has 0 atom stereocenters. The molecule has 1 aromatic heterocycles. The van der Waals surface area contributed by atoms with Crippen molar-refractivity contribution in [1.82, 2.24) is 5.16 Å². The first-order valence-corrected chi connectivity index (χ1v) is 6.99. The van der Waals surface area contributed by atoms with Crippen LogP contribution in [0.1, 0.15) is 21.8 Å². The van der Waals surface area contributed by atoms with Crippen LogP contribution in [0.4, 0.5) is 5.69 Å². The molecule has 2 rings (SSSR count). The third-order valence-corrected chi connectivity index (χ3v) is 3.51. The first-order chi connectivity index (χ1) is 10.4. The van der Waals surface area contributed by atoms with Crippen LogP contribution in [0.3, 0.4) is 0 Å². The van der Waals surface area contributed by atoms with Crippen molar-refractivity contribution in [3.05, 3.63) is 45.3 Å². The van der Waals surface area contributed by atoms with Crippen LogP contribution in [0.15, 0.2) is 22.7 Å². The third kappa shape index (κ3) is 3.78. The number of nitrogens with one attached hydrogen (secondary N) is 1. The number of anilines is 1. The van der Waals surface area contributed by atoms with Crippen molar-refractivity contribution in [2.75, 3.05) is 11.9 Å². The van der Waals surface area contributed by atoms with Gasteiger partial charge in [0.1, 0.15) is 0 Å². The van der Waals surface area contributed by atoms with Gasteiger partial charge in [-0.05, 0) is 25.5 Å². The van der Waals surface area contributed by atoms with Gasteiger partial charge in [-0.3, -0.25) is 4.79 Å². The highest BCUT2D eigenvalue weighted by Gasteiger charge is 2.17. The van der Waals surface area contributed by atoms with Crippen LogP contribution < -0.4 is 5.32 Å². The number of amides is 1. The smallest absolute Gasteiger partial charge is 0.377 e. The number of nitrogens with zero attached hydrogens (tertiary/aromatic N) is 1. The number of aromatic nitrogens is 1. The Balaban J connectivity index is 1.97. The topological polar surface area (TPSA) is 81.4 Å². The summed E-state index contributed by atoms with van der Waals surface area (Å²) in [5.74, 6) is -1.42. The Bertz CT molecular complexity index is 728. The minimum Gasteiger partial charge on any atom is -0.450 e. The molecule has 0 aliphatic carbocycles. The predicted octanol–water partition coefficient (Wildman–Crippen LogP) is 3.39. The molecule has 22 heavy (non-hydrogen) atoms. The molecule has 0 spiro atoms.